The van der Waals surface area contributed by atoms with Crippen molar-refractivity contribution < 1.29 is 33.4 Å². The van der Waals surface area contributed by atoms with Crippen molar-refractivity contribution in [1.29, 1.82) is 0 Å². The van der Waals surface area contributed by atoms with E-state index in [1.807, 2.05) is 6.92 Å². The van der Waals surface area contributed by atoms with Crippen LogP contribution >= 0.6 is 0 Å². The van der Waals surface area contributed by atoms with Gasteiger partial charge in [0.05, 0.1) is 36.3 Å². The van der Waals surface area contributed by atoms with Crippen LogP contribution in [0.2, 0.25) is 0 Å². The van der Waals surface area contributed by atoms with E-state index in [1.54, 1.807) is 35.8 Å². The van der Waals surface area contributed by atoms with Crippen molar-refractivity contribution in [3.05, 3.63) is 56.9 Å². The SMILES string of the molecule is CCc1c(C(C=O)OC(=O)CCC(=O)NC)cc2n(c1=O)Cc1c-2nc2ccc(OC(=O)CCC(N)=O)cc2c1CC. The molecular weight excluding hydrogens is 544 g/mol. The highest BCUT2D eigenvalue weighted by atomic mass is 16.5. The van der Waals surface area contributed by atoms with E-state index in [0.29, 0.717) is 47.3 Å². The van der Waals surface area contributed by atoms with Crippen LogP contribution in [-0.2, 0) is 48.1 Å². The van der Waals surface area contributed by atoms with Crippen molar-refractivity contribution in [2.24, 2.45) is 5.73 Å². The van der Waals surface area contributed by atoms with Gasteiger partial charge in [0.15, 0.2) is 12.4 Å². The first kappa shape index (κ1) is 30.1. The number of aromatic nitrogens is 2. The van der Waals surface area contributed by atoms with Gasteiger partial charge in [-0.1, -0.05) is 13.8 Å². The molecule has 0 aliphatic carbocycles. The Morgan fingerprint density at radius 2 is 1.76 bits per heavy atom. The zero-order valence-corrected chi connectivity index (χ0v) is 23.7. The molecule has 3 aromatic rings. The number of carbonyl (C=O) groups excluding carboxylic acids is 5. The van der Waals surface area contributed by atoms with Gasteiger partial charge in [0.25, 0.3) is 5.56 Å². The van der Waals surface area contributed by atoms with Crippen LogP contribution in [0.25, 0.3) is 22.3 Å². The number of esters is 2. The number of carbonyl (C=O) groups is 5. The lowest BCUT2D eigenvalue weighted by Crippen LogP contribution is -2.27. The molecule has 42 heavy (non-hydrogen) atoms. The van der Waals surface area contributed by atoms with Crippen molar-refractivity contribution >= 4 is 40.9 Å². The molecular formula is C30H32N4O8. The Morgan fingerprint density at radius 3 is 2.40 bits per heavy atom. The van der Waals surface area contributed by atoms with Crippen molar-refractivity contribution in [2.75, 3.05) is 7.05 Å². The Kier molecular flexibility index (Phi) is 9.14. The molecule has 0 spiro atoms. The van der Waals surface area contributed by atoms with E-state index in [9.17, 15) is 28.8 Å². The molecule has 220 valence electrons. The van der Waals surface area contributed by atoms with Gasteiger partial charge in [-0.05, 0) is 42.7 Å². The molecule has 3 heterocycles. The Hall–Kier alpha value is -4.87. The first-order chi connectivity index (χ1) is 20.1. The van der Waals surface area contributed by atoms with Gasteiger partial charge in [0, 0.05) is 42.0 Å². The topological polar surface area (TPSA) is 177 Å². The minimum Gasteiger partial charge on any atom is -0.450 e. The standard InChI is InChI=1S/C30H32N4O8/c1-4-17-19-12-16(41-27(38)10-8-25(31)36)6-7-22(19)33-29-21(17)14-34-23(29)13-20(18(5-2)30(34)40)24(15-35)42-28(39)11-9-26(37)32-3/h6-7,12-13,15,24H,4-5,8-11,14H2,1-3H3,(H2,31,36)(H,32,37). The van der Waals surface area contributed by atoms with E-state index in [2.05, 4.69) is 5.32 Å². The third-order valence-corrected chi connectivity index (χ3v) is 7.21. The predicted molar refractivity (Wildman–Crippen MR) is 152 cm³/mol. The number of nitrogens with one attached hydrogen (secondary N) is 1. The molecule has 1 aromatic carbocycles. The van der Waals surface area contributed by atoms with E-state index in [0.717, 1.165) is 16.5 Å². The summed E-state index contributed by atoms with van der Waals surface area (Å²) in [5.74, 6) is -1.96. The van der Waals surface area contributed by atoms with Gasteiger partial charge < -0.3 is 25.1 Å². The fourth-order valence-electron chi connectivity index (χ4n) is 5.14. The van der Waals surface area contributed by atoms with Gasteiger partial charge in [0.1, 0.15) is 5.75 Å². The maximum absolute atomic E-state index is 13.7. The number of aldehydes is 1. The number of rotatable bonds is 12. The van der Waals surface area contributed by atoms with E-state index in [1.165, 1.54) is 7.05 Å². The number of aryl methyl sites for hydroxylation is 1. The number of amides is 2. The average molecular weight is 577 g/mol. The van der Waals surface area contributed by atoms with E-state index in [4.69, 9.17) is 20.2 Å². The highest BCUT2D eigenvalue weighted by molar-refractivity contribution is 5.90. The maximum Gasteiger partial charge on any atom is 0.311 e. The molecule has 1 aliphatic rings. The lowest BCUT2D eigenvalue weighted by atomic mass is 9.97. The molecule has 0 saturated heterocycles. The van der Waals surface area contributed by atoms with Gasteiger partial charge in [-0.25, -0.2) is 4.98 Å². The molecule has 2 aromatic heterocycles. The van der Waals surface area contributed by atoms with E-state index < -0.39 is 23.9 Å². The smallest absolute Gasteiger partial charge is 0.311 e. The normalized spacial score (nSPS) is 12.3. The number of ether oxygens (including phenoxy) is 2. The Morgan fingerprint density at radius 1 is 1.05 bits per heavy atom. The molecule has 0 bridgehead atoms. The lowest BCUT2D eigenvalue weighted by molar-refractivity contribution is -0.153. The molecule has 4 rings (SSSR count). The minimum absolute atomic E-state index is 0.0904. The highest BCUT2D eigenvalue weighted by Crippen LogP contribution is 2.38. The van der Waals surface area contributed by atoms with Crippen LogP contribution in [0.5, 0.6) is 5.75 Å². The third-order valence-electron chi connectivity index (χ3n) is 7.21. The van der Waals surface area contributed by atoms with Gasteiger partial charge in [-0.2, -0.15) is 0 Å². The van der Waals surface area contributed by atoms with E-state index in [-0.39, 0.29) is 49.3 Å². The van der Waals surface area contributed by atoms with Crippen LogP contribution in [0.3, 0.4) is 0 Å². The van der Waals surface area contributed by atoms with Crippen molar-refractivity contribution in [2.45, 2.75) is 65.0 Å². The quantitative estimate of drug-likeness (QED) is 0.145. The summed E-state index contributed by atoms with van der Waals surface area (Å²) in [4.78, 5) is 77.6. The zero-order valence-electron chi connectivity index (χ0n) is 23.7. The number of benzene rings is 1. The first-order valence-corrected chi connectivity index (χ1v) is 13.7. The van der Waals surface area contributed by atoms with Gasteiger partial charge in [-0.15, -0.1) is 0 Å². The minimum atomic E-state index is -1.32. The molecule has 12 nitrogen and oxygen atoms in total. The summed E-state index contributed by atoms with van der Waals surface area (Å²) in [5.41, 5.74) is 8.84. The van der Waals surface area contributed by atoms with Crippen LogP contribution in [0.15, 0.2) is 29.1 Å². The van der Waals surface area contributed by atoms with Crippen LogP contribution in [0, 0.1) is 0 Å². The number of hydrogen-bond acceptors (Lipinski definition) is 9. The molecule has 2 amide bonds. The molecule has 3 N–H and O–H groups in total. The number of nitrogens with two attached hydrogens (primary N) is 1. The zero-order chi connectivity index (χ0) is 30.6. The van der Waals surface area contributed by atoms with Crippen LogP contribution in [0.4, 0.5) is 0 Å². The summed E-state index contributed by atoms with van der Waals surface area (Å²) in [6.45, 7) is 4.00. The number of pyridine rings is 2. The molecule has 12 heteroatoms. The Balaban J connectivity index is 1.74. The maximum atomic E-state index is 13.7. The summed E-state index contributed by atoms with van der Waals surface area (Å²) in [6.07, 6.45) is -0.518. The van der Waals surface area contributed by atoms with Crippen LogP contribution < -0.4 is 21.3 Å². The van der Waals surface area contributed by atoms with Crippen molar-refractivity contribution in [3.8, 4) is 17.1 Å². The van der Waals surface area contributed by atoms with Crippen LogP contribution in [0.1, 0.15) is 67.9 Å². The fourth-order valence-corrected chi connectivity index (χ4v) is 5.14. The Labute approximate surface area is 241 Å². The predicted octanol–water partition coefficient (Wildman–Crippen LogP) is 2.03. The highest BCUT2D eigenvalue weighted by Gasteiger charge is 2.30. The first-order valence-electron chi connectivity index (χ1n) is 13.7. The number of hydrogen-bond donors (Lipinski definition) is 2. The molecule has 0 fully saturated rings. The van der Waals surface area contributed by atoms with Crippen molar-refractivity contribution in [1.82, 2.24) is 14.9 Å². The van der Waals surface area contributed by atoms with Crippen LogP contribution in [-0.4, -0.2) is 46.6 Å². The Bertz CT molecular complexity index is 1660. The second-order valence-corrected chi connectivity index (χ2v) is 9.82. The molecule has 1 unspecified atom stereocenters. The third kappa shape index (κ3) is 6.07. The van der Waals surface area contributed by atoms with Crippen molar-refractivity contribution in [3.63, 3.8) is 0 Å². The summed E-state index contributed by atoms with van der Waals surface area (Å²) in [6, 6.07) is 6.68. The van der Waals surface area contributed by atoms with Gasteiger partial charge in [0.2, 0.25) is 11.8 Å². The fraction of sp³-hybridized carbons (Fsp3) is 0.367. The van der Waals surface area contributed by atoms with Gasteiger partial charge in [-0.3, -0.25) is 28.8 Å². The summed E-state index contributed by atoms with van der Waals surface area (Å²) >= 11 is 0. The lowest BCUT2D eigenvalue weighted by Gasteiger charge is -2.17. The number of primary amides is 1. The summed E-state index contributed by atoms with van der Waals surface area (Å²) in [5, 5.41) is 3.17. The second kappa shape index (κ2) is 12.8. The summed E-state index contributed by atoms with van der Waals surface area (Å²) < 4.78 is 12.4. The molecule has 1 atom stereocenters. The number of fused-ring (bicyclic) bond motifs is 4. The number of nitrogens with zero attached hydrogens (tertiary/aromatic N) is 2. The van der Waals surface area contributed by atoms with Gasteiger partial charge >= 0.3 is 11.9 Å². The molecule has 0 radical (unpaired) electrons. The second-order valence-electron chi connectivity index (χ2n) is 9.82. The molecule has 0 saturated carbocycles. The average Bonchev–Trinajstić information content (AvgIpc) is 3.34. The van der Waals surface area contributed by atoms with E-state index >= 15 is 0 Å². The largest absolute Gasteiger partial charge is 0.450 e. The molecule has 1 aliphatic heterocycles. The summed E-state index contributed by atoms with van der Waals surface area (Å²) in [7, 11) is 1.45. The monoisotopic (exact) mass is 576 g/mol.